The number of hydrogen-bond donors (Lipinski definition) is 0. The van der Waals surface area contributed by atoms with E-state index in [4.69, 9.17) is 34.4 Å². The fourth-order valence-corrected chi connectivity index (χ4v) is 0. The Kier molecular flexibility index (Phi) is 23.8. The number of rotatable bonds is 3. The first-order valence-corrected chi connectivity index (χ1v) is 6.20. The van der Waals surface area contributed by atoms with Crippen LogP contribution in [-0.2, 0) is 17.4 Å². The summed E-state index contributed by atoms with van der Waals surface area (Å²) in [6.07, 6.45) is 0. The summed E-state index contributed by atoms with van der Waals surface area (Å²) in [4.78, 5) is 0. The van der Waals surface area contributed by atoms with E-state index in [0.717, 1.165) is 0 Å². The molecule has 6 nitrogen and oxygen atoms in total. The van der Waals surface area contributed by atoms with Gasteiger partial charge in [-0.15, -0.1) is 0 Å². The van der Waals surface area contributed by atoms with Crippen molar-refractivity contribution in [3.05, 3.63) is 34.4 Å². The van der Waals surface area contributed by atoms with Gasteiger partial charge in [0.2, 0.25) is 0 Å². The predicted molar refractivity (Wildman–Crippen MR) is 82.7 cm³/mol. The number of hydrogen-bond acceptors (Lipinski definition) is 0. The first kappa shape index (κ1) is 27.6. The largest absolute Gasteiger partial charge is 6.00 e. The zero-order valence-electron chi connectivity index (χ0n) is 12.9. The van der Waals surface area contributed by atoms with Crippen molar-refractivity contribution in [2.45, 2.75) is 77.8 Å². The van der Waals surface area contributed by atoms with E-state index in [1.165, 1.54) is 0 Å². The van der Waals surface area contributed by atoms with Crippen molar-refractivity contribution >= 4 is 0 Å². The van der Waals surface area contributed by atoms with Crippen LogP contribution in [0, 0.1) is 0 Å². The summed E-state index contributed by atoms with van der Waals surface area (Å²) in [5.41, 5.74) is 41.1. The molecule has 0 bridgehead atoms. The van der Waals surface area contributed by atoms with E-state index in [0.29, 0.717) is 0 Å². The zero-order chi connectivity index (χ0) is 15.5. The number of nitrogens with one attached hydrogen (secondary N) is 6. The smallest absolute Gasteiger partial charge is 0.676 e. The molecule has 114 valence electrons. The van der Waals surface area contributed by atoms with Gasteiger partial charge in [-0.2, -0.15) is 36.3 Å². The van der Waals surface area contributed by atoms with Gasteiger partial charge in [0.05, 0.1) is 0 Å². The topological polar surface area (TPSA) is 143 Å². The van der Waals surface area contributed by atoms with E-state index < -0.39 is 0 Å². The van der Waals surface area contributed by atoms with Crippen LogP contribution in [0.25, 0.3) is 34.4 Å². The summed E-state index contributed by atoms with van der Waals surface area (Å²) in [7, 11) is 0. The van der Waals surface area contributed by atoms with Crippen LogP contribution in [-0.4, -0.2) is 36.3 Å². The normalized spacial score (nSPS) is 18.9. The molecule has 0 saturated carbocycles. The van der Waals surface area contributed by atoms with E-state index in [1.807, 2.05) is 0 Å². The molecule has 6 N–H and O–H groups in total. The maximum absolute atomic E-state index is 6.84. The Bertz CT molecular complexity index is 114. The maximum Gasteiger partial charge on any atom is 6.00 e. The SMILES string of the molecule is CC([NH-])C(C)[NH-].CC([NH-])C(C)[NH-].CC([NH-])C(C)[NH-].[Cr+6]. The molecule has 0 aromatic rings. The molecule has 0 spiro atoms. The minimum absolute atomic E-state index is 0. The molecule has 7 heteroatoms. The minimum atomic E-state index is -0.231. The average Bonchev–Trinajstić information content (AvgIpc) is 2.18. The van der Waals surface area contributed by atoms with E-state index in [1.54, 1.807) is 41.5 Å². The standard InChI is InChI=1S/3C4H10N2.Cr/c3*1-3(5)4(2)6;/h3*3-6H,1-2H3;/q3*-2;+6. The third kappa shape index (κ3) is 32.1. The summed E-state index contributed by atoms with van der Waals surface area (Å²) >= 11 is 0. The Morgan fingerprint density at radius 1 is 0.368 bits per heavy atom. The predicted octanol–water partition coefficient (Wildman–Crippen LogP) is 5.60. The van der Waals surface area contributed by atoms with Crippen LogP contribution in [0.1, 0.15) is 41.5 Å². The van der Waals surface area contributed by atoms with Gasteiger partial charge >= 0.3 is 17.4 Å². The van der Waals surface area contributed by atoms with Crippen LogP contribution in [0.15, 0.2) is 0 Å². The third-order valence-electron chi connectivity index (χ3n) is 2.25. The molecule has 0 amide bonds. The molecular formula is C12H30CrN6. The van der Waals surface area contributed by atoms with Crippen molar-refractivity contribution in [1.29, 1.82) is 0 Å². The summed E-state index contributed by atoms with van der Waals surface area (Å²) < 4.78 is 0. The zero-order valence-corrected chi connectivity index (χ0v) is 14.1. The summed E-state index contributed by atoms with van der Waals surface area (Å²) in [6, 6.07) is -1.39. The second kappa shape index (κ2) is 16.3. The van der Waals surface area contributed by atoms with Crippen molar-refractivity contribution in [3.8, 4) is 0 Å². The van der Waals surface area contributed by atoms with Crippen LogP contribution >= 0.6 is 0 Å². The van der Waals surface area contributed by atoms with Crippen LogP contribution in [0.5, 0.6) is 0 Å². The molecule has 0 rings (SSSR count). The quantitative estimate of drug-likeness (QED) is 0.639. The maximum atomic E-state index is 6.84. The van der Waals surface area contributed by atoms with Crippen molar-refractivity contribution in [3.63, 3.8) is 0 Å². The Morgan fingerprint density at radius 3 is 0.421 bits per heavy atom. The van der Waals surface area contributed by atoms with E-state index >= 15 is 0 Å². The molecule has 0 aromatic heterocycles. The Balaban J connectivity index is -0.0000000865. The van der Waals surface area contributed by atoms with Crippen molar-refractivity contribution in [1.82, 2.24) is 0 Å². The van der Waals surface area contributed by atoms with Crippen LogP contribution in [0.3, 0.4) is 0 Å². The summed E-state index contributed by atoms with van der Waals surface area (Å²) in [5.74, 6) is 0. The van der Waals surface area contributed by atoms with E-state index in [9.17, 15) is 0 Å². The molecule has 0 heterocycles. The first-order chi connectivity index (χ1) is 7.93. The molecule has 0 aliphatic carbocycles. The molecule has 6 atom stereocenters. The van der Waals surface area contributed by atoms with Gasteiger partial charge in [0, 0.05) is 0 Å². The molecule has 19 heavy (non-hydrogen) atoms. The second-order valence-electron chi connectivity index (χ2n) is 4.73. The van der Waals surface area contributed by atoms with Crippen LogP contribution in [0.4, 0.5) is 0 Å². The molecular weight excluding hydrogens is 280 g/mol. The summed E-state index contributed by atoms with van der Waals surface area (Å²) in [5, 5.41) is 0. The molecule has 0 aliphatic rings. The van der Waals surface area contributed by atoms with Crippen LogP contribution in [0.2, 0.25) is 0 Å². The first-order valence-electron chi connectivity index (χ1n) is 6.20. The molecule has 0 fully saturated rings. The summed E-state index contributed by atoms with van der Waals surface area (Å²) in [6.45, 7) is 10.3. The van der Waals surface area contributed by atoms with Gasteiger partial charge in [-0.1, -0.05) is 41.5 Å². The van der Waals surface area contributed by atoms with Gasteiger partial charge in [0.15, 0.2) is 0 Å². The van der Waals surface area contributed by atoms with Gasteiger partial charge in [0.1, 0.15) is 0 Å². The van der Waals surface area contributed by atoms with Crippen molar-refractivity contribution in [2.24, 2.45) is 0 Å². The van der Waals surface area contributed by atoms with Crippen molar-refractivity contribution < 1.29 is 17.4 Å². The van der Waals surface area contributed by atoms with E-state index in [2.05, 4.69) is 0 Å². The van der Waals surface area contributed by atoms with E-state index in [-0.39, 0.29) is 53.6 Å². The minimum Gasteiger partial charge on any atom is -0.676 e. The van der Waals surface area contributed by atoms with Gasteiger partial charge in [-0.05, 0) is 0 Å². The Morgan fingerprint density at radius 2 is 0.421 bits per heavy atom. The molecule has 0 radical (unpaired) electrons. The van der Waals surface area contributed by atoms with Crippen molar-refractivity contribution in [2.75, 3.05) is 0 Å². The molecule has 0 aromatic carbocycles. The third-order valence-corrected chi connectivity index (χ3v) is 2.25. The Hall–Kier alpha value is 0.292. The molecule has 0 aliphatic heterocycles. The monoisotopic (exact) mass is 310 g/mol. The van der Waals surface area contributed by atoms with Gasteiger partial charge in [-0.25, -0.2) is 0 Å². The average molecular weight is 310 g/mol. The molecule has 0 saturated heterocycles. The fourth-order valence-electron chi connectivity index (χ4n) is 0. The van der Waals surface area contributed by atoms with Gasteiger partial charge in [-0.3, -0.25) is 0 Å². The fraction of sp³-hybridized carbons (Fsp3) is 1.00. The van der Waals surface area contributed by atoms with Crippen LogP contribution < -0.4 is 0 Å². The van der Waals surface area contributed by atoms with Gasteiger partial charge < -0.3 is 34.4 Å². The second-order valence-corrected chi connectivity index (χ2v) is 4.73. The molecule has 6 unspecified atom stereocenters. The Labute approximate surface area is 130 Å². The van der Waals surface area contributed by atoms with Gasteiger partial charge in [0.25, 0.3) is 0 Å².